The van der Waals surface area contributed by atoms with Gasteiger partial charge in [-0.05, 0) is 57.4 Å². The summed E-state index contributed by atoms with van der Waals surface area (Å²) in [4.78, 5) is 7.08. The number of nitrogens with one attached hydrogen (secondary N) is 1. The average molecular weight is 440 g/mol. The van der Waals surface area contributed by atoms with Crippen LogP contribution in [0.4, 0.5) is 10.2 Å². The highest BCUT2D eigenvalue weighted by Gasteiger charge is 2.37. The topological polar surface area (TPSA) is 74.2 Å². The van der Waals surface area contributed by atoms with E-state index in [1.807, 2.05) is 13.0 Å². The molecule has 3 aromatic rings. The molecule has 6 nitrogen and oxygen atoms in total. The predicted molar refractivity (Wildman–Crippen MR) is 121 cm³/mol. The van der Waals surface area contributed by atoms with Gasteiger partial charge in [-0.2, -0.15) is 0 Å². The molecule has 0 radical (unpaired) electrons. The Kier molecular flexibility index (Phi) is 5.14. The number of aromatic hydroxyl groups is 1. The van der Waals surface area contributed by atoms with Crippen LogP contribution in [0.25, 0.3) is 21.7 Å². The standard InChI is InChI=1S/C23H26FN5OS/c1-14-25-12-21(31-14)16-11-20(30)17(10-18(16)24)19-6-7-22(28-27-19)29-9-8-23(2,13-29)26-15-4-3-5-15/h6-7,10-12,15,26,30H,3-5,8-9,13H2,1-2H3/t23-/m0/s1. The molecule has 2 fully saturated rings. The lowest BCUT2D eigenvalue weighted by atomic mass is 9.89. The van der Waals surface area contributed by atoms with Crippen LogP contribution in [0.2, 0.25) is 0 Å². The summed E-state index contributed by atoms with van der Waals surface area (Å²) in [5.41, 5.74) is 1.21. The number of phenolic OH excluding ortho intramolecular Hbond substituents is 1. The Bertz CT molecular complexity index is 1100. The number of hydrogen-bond donors (Lipinski definition) is 2. The van der Waals surface area contributed by atoms with Gasteiger partial charge in [0.15, 0.2) is 5.82 Å². The molecule has 3 heterocycles. The van der Waals surface area contributed by atoms with E-state index in [0.717, 1.165) is 30.3 Å². The molecule has 8 heteroatoms. The Balaban J connectivity index is 1.34. The molecular weight excluding hydrogens is 413 g/mol. The fraction of sp³-hybridized carbons (Fsp3) is 0.435. The molecule has 0 spiro atoms. The molecule has 1 saturated heterocycles. The second kappa shape index (κ2) is 7.84. The van der Waals surface area contributed by atoms with Crippen molar-refractivity contribution in [1.82, 2.24) is 20.5 Å². The number of benzene rings is 1. The number of phenols is 1. The molecule has 162 valence electrons. The molecule has 1 saturated carbocycles. The highest BCUT2D eigenvalue weighted by atomic mass is 32.1. The van der Waals surface area contributed by atoms with Crippen LogP contribution in [-0.2, 0) is 0 Å². The molecule has 31 heavy (non-hydrogen) atoms. The Labute approximate surface area is 185 Å². The summed E-state index contributed by atoms with van der Waals surface area (Å²) in [7, 11) is 0. The molecule has 1 atom stereocenters. The van der Waals surface area contributed by atoms with Crippen molar-refractivity contribution in [3.8, 4) is 27.4 Å². The number of halogens is 1. The minimum absolute atomic E-state index is 0.0250. The summed E-state index contributed by atoms with van der Waals surface area (Å²) in [5.74, 6) is 0.363. The van der Waals surface area contributed by atoms with Gasteiger partial charge in [0.05, 0.1) is 15.6 Å². The zero-order valence-corrected chi connectivity index (χ0v) is 18.5. The largest absolute Gasteiger partial charge is 0.507 e. The SMILES string of the molecule is Cc1ncc(-c2cc(O)c(-c3ccc(N4CC[C@](C)(NC5CCC5)C4)nn3)cc2F)s1. The molecule has 0 amide bonds. The van der Waals surface area contributed by atoms with Crippen molar-refractivity contribution in [1.29, 1.82) is 0 Å². The smallest absolute Gasteiger partial charge is 0.151 e. The number of thiazole rings is 1. The van der Waals surface area contributed by atoms with E-state index in [1.54, 1.807) is 12.3 Å². The molecule has 1 aliphatic carbocycles. The first-order valence-corrected chi connectivity index (χ1v) is 11.5. The lowest BCUT2D eigenvalue weighted by molar-refractivity contribution is 0.253. The lowest BCUT2D eigenvalue weighted by Crippen LogP contribution is -2.52. The Morgan fingerprint density at radius 3 is 2.71 bits per heavy atom. The average Bonchev–Trinajstić information content (AvgIpc) is 3.33. The highest BCUT2D eigenvalue weighted by molar-refractivity contribution is 7.15. The molecule has 1 aromatic carbocycles. The van der Waals surface area contributed by atoms with Gasteiger partial charge in [-0.3, -0.25) is 0 Å². The highest BCUT2D eigenvalue weighted by Crippen LogP contribution is 2.37. The van der Waals surface area contributed by atoms with E-state index in [9.17, 15) is 9.50 Å². The van der Waals surface area contributed by atoms with Gasteiger partial charge in [-0.1, -0.05) is 6.42 Å². The van der Waals surface area contributed by atoms with E-state index in [-0.39, 0.29) is 11.3 Å². The third-order valence-electron chi connectivity index (χ3n) is 6.35. The Morgan fingerprint density at radius 1 is 1.23 bits per heavy atom. The Hall–Kier alpha value is -2.58. The molecule has 1 aliphatic heterocycles. The van der Waals surface area contributed by atoms with Gasteiger partial charge in [0.1, 0.15) is 11.6 Å². The molecule has 2 N–H and O–H groups in total. The van der Waals surface area contributed by atoms with Gasteiger partial charge in [0, 0.05) is 42.0 Å². The van der Waals surface area contributed by atoms with E-state index >= 15 is 0 Å². The third kappa shape index (κ3) is 4.02. The molecule has 2 aromatic heterocycles. The van der Waals surface area contributed by atoms with Crippen molar-refractivity contribution in [2.75, 3.05) is 18.0 Å². The molecule has 5 rings (SSSR count). The van der Waals surface area contributed by atoms with Gasteiger partial charge >= 0.3 is 0 Å². The van der Waals surface area contributed by atoms with Crippen molar-refractivity contribution < 1.29 is 9.50 Å². The first-order chi connectivity index (χ1) is 14.9. The molecular formula is C23H26FN5OS. The molecule has 0 bridgehead atoms. The maximum Gasteiger partial charge on any atom is 0.151 e. The minimum atomic E-state index is -0.417. The van der Waals surface area contributed by atoms with Gasteiger partial charge in [0.2, 0.25) is 0 Å². The first-order valence-electron chi connectivity index (χ1n) is 10.7. The van der Waals surface area contributed by atoms with E-state index in [0.29, 0.717) is 27.7 Å². The summed E-state index contributed by atoms with van der Waals surface area (Å²) in [6, 6.07) is 7.09. The van der Waals surface area contributed by atoms with Gasteiger partial charge in [-0.15, -0.1) is 21.5 Å². The molecule has 0 unspecified atom stereocenters. The van der Waals surface area contributed by atoms with Gasteiger partial charge in [0.25, 0.3) is 0 Å². The van der Waals surface area contributed by atoms with Crippen LogP contribution in [0.1, 0.15) is 37.6 Å². The maximum atomic E-state index is 14.8. The molecule has 2 aliphatic rings. The van der Waals surface area contributed by atoms with Crippen LogP contribution in [-0.4, -0.2) is 45.0 Å². The number of anilines is 1. The first kappa shape index (κ1) is 20.3. The Morgan fingerprint density at radius 2 is 2.06 bits per heavy atom. The maximum absolute atomic E-state index is 14.8. The summed E-state index contributed by atoms with van der Waals surface area (Å²) < 4.78 is 14.8. The number of rotatable bonds is 5. The summed E-state index contributed by atoms with van der Waals surface area (Å²) in [5, 5.41) is 23.8. The predicted octanol–water partition coefficient (Wildman–Crippen LogP) is 4.53. The van der Waals surface area contributed by atoms with Crippen molar-refractivity contribution >= 4 is 17.2 Å². The van der Waals surface area contributed by atoms with Crippen molar-refractivity contribution in [3.63, 3.8) is 0 Å². The summed E-state index contributed by atoms with van der Waals surface area (Å²) in [6.07, 6.45) is 6.55. The van der Waals surface area contributed by atoms with Crippen LogP contribution >= 0.6 is 11.3 Å². The van der Waals surface area contributed by atoms with Crippen LogP contribution in [0.3, 0.4) is 0 Å². The zero-order valence-electron chi connectivity index (χ0n) is 17.7. The third-order valence-corrected chi connectivity index (χ3v) is 7.30. The minimum Gasteiger partial charge on any atom is -0.507 e. The zero-order chi connectivity index (χ0) is 21.6. The summed E-state index contributed by atoms with van der Waals surface area (Å²) in [6.45, 7) is 5.96. The van der Waals surface area contributed by atoms with E-state index in [2.05, 4.69) is 32.3 Å². The number of nitrogens with zero attached hydrogens (tertiary/aromatic N) is 4. The summed E-state index contributed by atoms with van der Waals surface area (Å²) >= 11 is 1.39. The van der Waals surface area contributed by atoms with Crippen molar-refractivity contribution in [2.24, 2.45) is 0 Å². The fourth-order valence-corrected chi connectivity index (χ4v) is 5.19. The monoisotopic (exact) mass is 439 g/mol. The lowest BCUT2D eigenvalue weighted by Gasteiger charge is -2.36. The van der Waals surface area contributed by atoms with E-state index < -0.39 is 5.82 Å². The van der Waals surface area contributed by atoms with Crippen molar-refractivity contribution in [2.45, 2.75) is 51.1 Å². The van der Waals surface area contributed by atoms with Crippen molar-refractivity contribution in [3.05, 3.63) is 41.3 Å². The van der Waals surface area contributed by atoms with Gasteiger partial charge in [-0.25, -0.2) is 9.37 Å². The van der Waals surface area contributed by atoms with E-state index in [4.69, 9.17) is 0 Å². The number of aromatic nitrogens is 3. The van der Waals surface area contributed by atoms with Crippen LogP contribution in [0, 0.1) is 12.7 Å². The van der Waals surface area contributed by atoms with E-state index in [1.165, 1.54) is 42.7 Å². The number of hydrogen-bond acceptors (Lipinski definition) is 7. The van der Waals surface area contributed by atoms with Gasteiger partial charge < -0.3 is 15.3 Å². The fourth-order valence-electron chi connectivity index (χ4n) is 4.40. The normalized spacial score (nSPS) is 21.5. The van der Waals surface area contributed by atoms with Crippen LogP contribution < -0.4 is 10.2 Å². The second-order valence-corrected chi connectivity index (χ2v) is 10.1. The second-order valence-electron chi connectivity index (χ2n) is 8.87. The quantitative estimate of drug-likeness (QED) is 0.608. The number of aryl methyl sites for hydroxylation is 1. The van der Waals surface area contributed by atoms with Crippen LogP contribution in [0.5, 0.6) is 5.75 Å². The van der Waals surface area contributed by atoms with Crippen LogP contribution in [0.15, 0.2) is 30.5 Å².